The fraction of sp³-hybridized carbons (Fsp3) is 0.250. The summed E-state index contributed by atoms with van der Waals surface area (Å²) in [4.78, 5) is 1.20. The third-order valence-electron chi connectivity index (χ3n) is 3.24. The predicted octanol–water partition coefficient (Wildman–Crippen LogP) is 3.87. The van der Waals surface area contributed by atoms with Crippen LogP contribution in [0.1, 0.15) is 17.2 Å². The minimum Gasteiger partial charge on any atom is -0.496 e. The second-order valence-corrected chi connectivity index (χ2v) is 5.26. The second kappa shape index (κ2) is 6.77. The number of halogens is 1. The van der Waals surface area contributed by atoms with E-state index in [0.717, 1.165) is 11.1 Å². The standard InChI is InChI=1S/C16H18FNOS/c1-18-16(11-4-7-13(20-3)8-5-11)14-10-12(17)6-9-15(14)19-2/h4-10,16,18H,1-3H3. The number of hydrogen-bond acceptors (Lipinski definition) is 3. The van der Waals surface area contributed by atoms with Crippen molar-refractivity contribution in [3.63, 3.8) is 0 Å². The first kappa shape index (κ1) is 14.9. The van der Waals surface area contributed by atoms with Crippen LogP contribution in [-0.2, 0) is 0 Å². The van der Waals surface area contributed by atoms with Crippen LogP contribution in [0.3, 0.4) is 0 Å². The van der Waals surface area contributed by atoms with Crippen LogP contribution < -0.4 is 10.1 Å². The molecule has 0 saturated carbocycles. The summed E-state index contributed by atoms with van der Waals surface area (Å²) in [6, 6.07) is 12.7. The Morgan fingerprint density at radius 2 is 1.85 bits per heavy atom. The van der Waals surface area contributed by atoms with E-state index >= 15 is 0 Å². The minimum atomic E-state index is -0.262. The summed E-state index contributed by atoms with van der Waals surface area (Å²) in [5.41, 5.74) is 1.88. The quantitative estimate of drug-likeness (QED) is 0.845. The van der Waals surface area contributed by atoms with E-state index in [2.05, 4.69) is 29.6 Å². The van der Waals surface area contributed by atoms with E-state index in [4.69, 9.17) is 4.74 Å². The molecule has 4 heteroatoms. The summed E-state index contributed by atoms with van der Waals surface area (Å²) in [6.45, 7) is 0. The molecule has 0 bridgehead atoms. The van der Waals surface area contributed by atoms with Crippen molar-refractivity contribution in [2.45, 2.75) is 10.9 Å². The highest BCUT2D eigenvalue weighted by Crippen LogP contribution is 2.31. The first-order chi connectivity index (χ1) is 9.69. The van der Waals surface area contributed by atoms with Crippen molar-refractivity contribution in [1.82, 2.24) is 5.32 Å². The average Bonchev–Trinajstić information content (AvgIpc) is 2.49. The third kappa shape index (κ3) is 3.14. The van der Waals surface area contributed by atoms with E-state index in [1.807, 2.05) is 13.3 Å². The average molecular weight is 291 g/mol. The lowest BCUT2D eigenvalue weighted by Gasteiger charge is -2.20. The van der Waals surface area contributed by atoms with Crippen molar-refractivity contribution in [3.8, 4) is 5.75 Å². The predicted molar refractivity (Wildman–Crippen MR) is 82.1 cm³/mol. The molecule has 2 rings (SSSR count). The zero-order chi connectivity index (χ0) is 14.5. The van der Waals surface area contributed by atoms with E-state index in [1.54, 1.807) is 24.9 Å². The maximum absolute atomic E-state index is 13.5. The van der Waals surface area contributed by atoms with Gasteiger partial charge in [-0.15, -0.1) is 11.8 Å². The molecule has 20 heavy (non-hydrogen) atoms. The van der Waals surface area contributed by atoms with Crippen LogP contribution in [0.25, 0.3) is 0 Å². The number of hydrogen-bond donors (Lipinski definition) is 1. The van der Waals surface area contributed by atoms with Crippen LogP contribution in [0, 0.1) is 5.82 Å². The molecule has 0 fully saturated rings. The highest BCUT2D eigenvalue weighted by atomic mass is 32.2. The SMILES string of the molecule is CNC(c1ccc(SC)cc1)c1cc(F)ccc1OC. The van der Waals surface area contributed by atoms with E-state index < -0.39 is 0 Å². The number of rotatable bonds is 5. The summed E-state index contributed by atoms with van der Waals surface area (Å²) in [5.74, 6) is 0.418. The maximum Gasteiger partial charge on any atom is 0.124 e. The molecule has 2 aromatic rings. The van der Waals surface area contributed by atoms with Crippen molar-refractivity contribution in [2.75, 3.05) is 20.4 Å². The zero-order valence-electron chi connectivity index (χ0n) is 11.8. The maximum atomic E-state index is 13.5. The molecule has 1 N–H and O–H groups in total. The number of thioether (sulfide) groups is 1. The highest BCUT2D eigenvalue weighted by molar-refractivity contribution is 7.98. The Hall–Kier alpha value is -1.52. The Morgan fingerprint density at radius 1 is 1.15 bits per heavy atom. The van der Waals surface area contributed by atoms with Gasteiger partial charge < -0.3 is 10.1 Å². The molecular weight excluding hydrogens is 273 g/mol. The van der Waals surface area contributed by atoms with Gasteiger partial charge in [0.05, 0.1) is 13.2 Å². The van der Waals surface area contributed by atoms with Crippen molar-refractivity contribution in [2.24, 2.45) is 0 Å². The lowest BCUT2D eigenvalue weighted by molar-refractivity contribution is 0.404. The number of nitrogens with one attached hydrogen (secondary N) is 1. The normalized spacial score (nSPS) is 12.2. The van der Waals surface area contributed by atoms with Gasteiger partial charge in [0.1, 0.15) is 11.6 Å². The smallest absolute Gasteiger partial charge is 0.124 e. The molecule has 1 unspecified atom stereocenters. The number of benzene rings is 2. The summed E-state index contributed by atoms with van der Waals surface area (Å²) in [5, 5.41) is 3.22. The molecule has 0 amide bonds. The molecule has 0 aliphatic carbocycles. The molecule has 0 aliphatic rings. The van der Waals surface area contributed by atoms with Crippen LogP contribution in [0.5, 0.6) is 5.75 Å². The molecule has 0 aromatic heterocycles. The molecule has 0 heterocycles. The van der Waals surface area contributed by atoms with E-state index in [9.17, 15) is 4.39 Å². The minimum absolute atomic E-state index is 0.100. The molecule has 1 atom stereocenters. The Bertz CT molecular complexity index is 571. The number of methoxy groups -OCH3 is 1. The highest BCUT2D eigenvalue weighted by Gasteiger charge is 2.17. The molecule has 0 radical (unpaired) electrons. The van der Waals surface area contributed by atoms with Gasteiger partial charge in [0.15, 0.2) is 0 Å². The first-order valence-corrected chi connectivity index (χ1v) is 7.56. The topological polar surface area (TPSA) is 21.3 Å². The van der Waals surface area contributed by atoms with E-state index in [1.165, 1.54) is 17.0 Å². The zero-order valence-corrected chi connectivity index (χ0v) is 12.6. The first-order valence-electron chi connectivity index (χ1n) is 6.34. The Labute approximate surface area is 123 Å². The fourth-order valence-electron chi connectivity index (χ4n) is 2.23. The lowest BCUT2D eigenvalue weighted by Crippen LogP contribution is -2.18. The summed E-state index contributed by atoms with van der Waals surface area (Å²) >= 11 is 1.70. The van der Waals surface area contributed by atoms with Crippen molar-refractivity contribution < 1.29 is 9.13 Å². The van der Waals surface area contributed by atoms with Gasteiger partial charge in [0.25, 0.3) is 0 Å². The van der Waals surface area contributed by atoms with Crippen LogP contribution in [0.4, 0.5) is 4.39 Å². The van der Waals surface area contributed by atoms with E-state index in [-0.39, 0.29) is 11.9 Å². The van der Waals surface area contributed by atoms with Crippen molar-refractivity contribution in [1.29, 1.82) is 0 Å². The fourth-order valence-corrected chi connectivity index (χ4v) is 2.64. The van der Waals surface area contributed by atoms with E-state index in [0.29, 0.717) is 5.75 Å². The Kier molecular flexibility index (Phi) is 5.04. The third-order valence-corrected chi connectivity index (χ3v) is 3.98. The Balaban J connectivity index is 2.43. The monoisotopic (exact) mass is 291 g/mol. The van der Waals surface area contributed by atoms with Crippen LogP contribution in [-0.4, -0.2) is 20.4 Å². The molecular formula is C16H18FNOS. The van der Waals surface area contributed by atoms with Gasteiger partial charge >= 0.3 is 0 Å². The molecule has 2 nitrogen and oxygen atoms in total. The molecule has 106 valence electrons. The molecule has 2 aromatic carbocycles. The van der Waals surface area contributed by atoms with Gasteiger partial charge in [-0.2, -0.15) is 0 Å². The van der Waals surface area contributed by atoms with Crippen molar-refractivity contribution >= 4 is 11.8 Å². The second-order valence-electron chi connectivity index (χ2n) is 4.38. The largest absolute Gasteiger partial charge is 0.496 e. The van der Waals surface area contributed by atoms with Gasteiger partial charge in [-0.3, -0.25) is 0 Å². The van der Waals surface area contributed by atoms with Crippen molar-refractivity contribution in [3.05, 3.63) is 59.4 Å². The summed E-state index contributed by atoms with van der Waals surface area (Å²) in [6.07, 6.45) is 2.04. The summed E-state index contributed by atoms with van der Waals surface area (Å²) < 4.78 is 18.9. The van der Waals surface area contributed by atoms with Gasteiger partial charge in [0, 0.05) is 10.5 Å². The Morgan fingerprint density at radius 3 is 2.40 bits per heavy atom. The van der Waals surface area contributed by atoms with Gasteiger partial charge in [-0.1, -0.05) is 12.1 Å². The number of ether oxygens (including phenoxy) is 1. The molecule has 0 saturated heterocycles. The van der Waals surface area contributed by atoms with Gasteiger partial charge in [0.2, 0.25) is 0 Å². The van der Waals surface area contributed by atoms with Gasteiger partial charge in [-0.25, -0.2) is 4.39 Å². The van der Waals surface area contributed by atoms with Crippen LogP contribution >= 0.6 is 11.8 Å². The molecule has 0 spiro atoms. The lowest BCUT2D eigenvalue weighted by atomic mass is 9.98. The van der Waals surface area contributed by atoms with Gasteiger partial charge in [-0.05, 0) is 49.2 Å². The van der Waals surface area contributed by atoms with Crippen LogP contribution in [0.15, 0.2) is 47.4 Å². The summed E-state index contributed by atoms with van der Waals surface area (Å²) in [7, 11) is 3.46. The molecule has 0 aliphatic heterocycles. The van der Waals surface area contributed by atoms with Crippen LogP contribution in [0.2, 0.25) is 0 Å².